The number of carbonyl (C=O) groups is 1. The average molecular weight is 231 g/mol. The normalized spacial score (nSPS) is 9.60. The molecule has 4 nitrogen and oxygen atoms in total. The molecule has 0 radical (unpaired) electrons. The monoisotopic (exact) mass is 230 g/mol. The summed E-state index contributed by atoms with van der Waals surface area (Å²) in [5.74, 6) is 0.257. The van der Waals surface area contributed by atoms with Crippen molar-refractivity contribution in [2.45, 2.75) is 0 Å². The summed E-state index contributed by atoms with van der Waals surface area (Å²) in [6, 6.07) is 2.99. The zero-order valence-corrected chi connectivity index (χ0v) is 9.42. The van der Waals surface area contributed by atoms with Gasteiger partial charge in [0.25, 0.3) is 0 Å². The fraction of sp³-hybridized carbons (Fsp3) is 0.300. The molecule has 0 bridgehead atoms. The summed E-state index contributed by atoms with van der Waals surface area (Å²) in [6.07, 6.45) is 0. The Balaban J connectivity index is 3.28. The topological polar surface area (TPSA) is 44.8 Å². The molecule has 0 aliphatic rings. The minimum Gasteiger partial charge on any atom is -0.496 e. The molecule has 1 rings (SSSR count). The molecule has 1 aromatic carbocycles. The Bertz CT molecular complexity index is 376. The van der Waals surface area contributed by atoms with Crippen LogP contribution in [0.5, 0.6) is 11.5 Å². The highest BCUT2D eigenvalue weighted by molar-refractivity contribution is 6.32. The minimum absolute atomic E-state index is 0.279. The lowest BCUT2D eigenvalue weighted by Crippen LogP contribution is -2.04. The lowest BCUT2D eigenvalue weighted by atomic mass is 10.2. The molecule has 0 saturated heterocycles. The van der Waals surface area contributed by atoms with Gasteiger partial charge in [-0.05, 0) is 6.07 Å². The van der Waals surface area contributed by atoms with E-state index in [-0.39, 0.29) is 5.56 Å². The summed E-state index contributed by atoms with van der Waals surface area (Å²) in [6.45, 7) is 0. The number of esters is 1. The summed E-state index contributed by atoms with van der Waals surface area (Å²) in [5.41, 5.74) is 0.279. The number of ether oxygens (including phenoxy) is 3. The molecule has 0 fully saturated rings. The van der Waals surface area contributed by atoms with Crippen LogP contribution in [0.4, 0.5) is 0 Å². The minimum atomic E-state index is -0.498. The maximum Gasteiger partial charge on any atom is 0.341 e. The third-order valence-electron chi connectivity index (χ3n) is 1.88. The Kier molecular flexibility index (Phi) is 3.80. The zero-order valence-electron chi connectivity index (χ0n) is 8.67. The molecule has 0 aromatic heterocycles. The van der Waals surface area contributed by atoms with Crippen molar-refractivity contribution in [2.75, 3.05) is 21.3 Å². The first-order valence-corrected chi connectivity index (χ1v) is 4.51. The summed E-state index contributed by atoms with van der Waals surface area (Å²) < 4.78 is 14.6. The lowest BCUT2D eigenvalue weighted by Gasteiger charge is -2.10. The third kappa shape index (κ3) is 2.33. The second kappa shape index (κ2) is 4.89. The van der Waals surface area contributed by atoms with Crippen molar-refractivity contribution in [3.05, 3.63) is 22.7 Å². The second-order valence-electron chi connectivity index (χ2n) is 2.68. The van der Waals surface area contributed by atoms with Crippen LogP contribution < -0.4 is 9.47 Å². The van der Waals surface area contributed by atoms with Crippen LogP contribution in [0.3, 0.4) is 0 Å². The lowest BCUT2D eigenvalue weighted by molar-refractivity contribution is 0.0596. The van der Waals surface area contributed by atoms with Crippen molar-refractivity contribution < 1.29 is 19.0 Å². The highest BCUT2D eigenvalue weighted by atomic mass is 35.5. The fourth-order valence-electron chi connectivity index (χ4n) is 1.13. The first kappa shape index (κ1) is 11.7. The van der Waals surface area contributed by atoms with E-state index in [0.29, 0.717) is 16.5 Å². The summed E-state index contributed by atoms with van der Waals surface area (Å²) >= 11 is 5.87. The van der Waals surface area contributed by atoms with Crippen molar-refractivity contribution in [1.82, 2.24) is 0 Å². The first-order chi connectivity index (χ1) is 7.13. The Labute approximate surface area is 92.7 Å². The van der Waals surface area contributed by atoms with Gasteiger partial charge in [0, 0.05) is 6.07 Å². The SMILES string of the molecule is COC(=O)c1cc(OC)c(Cl)cc1OC. The molecule has 1 aromatic rings. The van der Waals surface area contributed by atoms with Crippen LogP contribution in [0.25, 0.3) is 0 Å². The van der Waals surface area contributed by atoms with E-state index in [1.54, 1.807) is 0 Å². The molecule has 0 spiro atoms. The molecule has 0 N–H and O–H groups in total. The van der Waals surface area contributed by atoms with Crippen LogP contribution in [0.2, 0.25) is 5.02 Å². The van der Waals surface area contributed by atoms with E-state index < -0.39 is 5.97 Å². The van der Waals surface area contributed by atoms with E-state index >= 15 is 0 Å². The Morgan fingerprint density at radius 3 is 2.20 bits per heavy atom. The summed E-state index contributed by atoms with van der Waals surface area (Å²) in [5, 5.41) is 0.377. The van der Waals surface area contributed by atoms with Crippen LogP contribution in [0.15, 0.2) is 12.1 Å². The van der Waals surface area contributed by atoms with E-state index in [0.717, 1.165) is 0 Å². The number of rotatable bonds is 3. The Morgan fingerprint density at radius 2 is 1.73 bits per heavy atom. The number of halogens is 1. The van der Waals surface area contributed by atoms with E-state index in [1.165, 1.54) is 33.5 Å². The molecule has 0 aliphatic heterocycles. The van der Waals surface area contributed by atoms with Crippen molar-refractivity contribution in [2.24, 2.45) is 0 Å². The second-order valence-corrected chi connectivity index (χ2v) is 3.09. The highest BCUT2D eigenvalue weighted by Gasteiger charge is 2.16. The van der Waals surface area contributed by atoms with Gasteiger partial charge in [0.05, 0.1) is 26.4 Å². The smallest absolute Gasteiger partial charge is 0.341 e. The average Bonchev–Trinajstić information content (AvgIpc) is 2.27. The molecule has 0 heterocycles. The summed E-state index contributed by atoms with van der Waals surface area (Å²) in [4.78, 5) is 11.4. The maximum atomic E-state index is 11.4. The van der Waals surface area contributed by atoms with E-state index in [9.17, 15) is 4.79 Å². The highest BCUT2D eigenvalue weighted by Crippen LogP contribution is 2.32. The molecule has 0 amide bonds. The molecule has 0 aliphatic carbocycles. The van der Waals surface area contributed by atoms with Gasteiger partial charge in [0.2, 0.25) is 0 Å². The van der Waals surface area contributed by atoms with Crippen LogP contribution in [0, 0.1) is 0 Å². The molecule has 5 heteroatoms. The van der Waals surface area contributed by atoms with Gasteiger partial charge in [-0.25, -0.2) is 4.79 Å². The fourth-order valence-corrected chi connectivity index (χ4v) is 1.36. The van der Waals surface area contributed by atoms with Gasteiger partial charge in [0.1, 0.15) is 17.1 Å². The van der Waals surface area contributed by atoms with Crippen molar-refractivity contribution in [1.29, 1.82) is 0 Å². The molecule has 0 unspecified atom stereocenters. The number of hydrogen-bond acceptors (Lipinski definition) is 4. The Morgan fingerprint density at radius 1 is 1.13 bits per heavy atom. The summed E-state index contributed by atoms with van der Waals surface area (Å²) in [7, 11) is 4.21. The number of hydrogen-bond donors (Lipinski definition) is 0. The maximum absolute atomic E-state index is 11.4. The molecular weight excluding hydrogens is 220 g/mol. The Hall–Kier alpha value is -1.42. The number of benzene rings is 1. The van der Waals surface area contributed by atoms with Gasteiger partial charge in [-0.2, -0.15) is 0 Å². The molecular formula is C10H11ClO4. The van der Waals surface area contributed by atoms with Crippen molar-refractivity contribution >= 4 is 17.6 Å². The van der Waals surface area contributed by atoms with E-state index in [4.69, 9.17) is 21.1 Å². The van der Waals surface area contributed by atoms with Gasteiger partial charge >= 0.3 is 5.97 Å². The van der Waals surface area contributed by atoms with Gasteiger partial charge in [0.15, 0.2) is 0 Å². The van der Waals surface area contributed by atoms with Gasteiger partial charge in [-0.15, -0.1) is 0 Å². The van der Waals surface area contributed by atoms with Gasteiger partial charge in [-0.3, -0.25) is 0 Å². The van der Waals surface area contributed by atoms with Gasteiger partial charge < -0.3 is 14.2 Å². The van der Waals surface area contributed by atoms with Crippen LogP contribution in [-0.4, -0.2) is 27.3 Å². The quantitative estimate of drug-likeness (QED) is 0.747. The predicted octanol–water partition coefficient (Wildman–Crippen LogP) is 2.14. The van der Waals surface area contributed by atoms with Crippen LogP contribution in [0.1, 0.15) is 10.4 Å². The molecule has 82 valence electrons. The van der Waals surface area contributed by atoms with Crippen molar-refractivity contribution in [3.8, 4) is 11.5 Å². The van der Waals surface area contributed by atoms with E-state index in [2.05, 4.69) is 4.74 Å². The first-order valence-electron chi connectivity index (χ1n) is 4.13. The van der Waals surface area contributed by atoms with Crippen LogP contribution >= 0.6 is 11.6 Å². The largest absolute Gasteiger partial charge is 0.496 e. The number of carbonyl (C=O) groups excluding carboxylic acids is 1. The molecule has 0 saturated carbocycles. The predicted molar refractivity (Wildman–Crippen MR) is 55.9 cm³/mol. The third-order valence-corrected chi connectivity index (χ3v) is 2.17. The van der Waals surface area contributed by atoms with E-state index in [1.807, 2.05) is 0 Å². The standard InChI is InChI=1S/C10H11ClO4/c1-13-8-5-7(11)9(14-2)4-6(8)10(12)15-3/h4-5H,1-3H3. The van der Waals surface area contributed by atoms with Crippen LogP contribution in [-0.2, 0) is 4.74 Å². The molecule has 0 atom stereocenters. The van der Waals surface area contributed by atoms with Gasteiger partial charge in [-0.1, -0.05) is 11.6 Å². The zero-order chi connectivity index (χ0) is 11.4. The van der Waals surface area contributed by atoms with Crippen molar-refractivity contribution in [3.63, 3.8) is 0 Å². The molecule has 15 heavy (non-hydrogen) atoms. The number of methoxy groups -OCH3 is 3.